The van der Waals surface area contributed by atoms with Gasteiger partial charge in [-0.2, -0.15) is 0 Å². The maximum absolute atomic E-state index is 14.1. The highest BCUT2D eigenvalue weighted by Crippen LogP contribution is 2.34. The van der Waals surface area contributed by atoms with Crippen LogP contribution < -0.4 is 15.5 Å². The first-order chi connectivity index (χ1) is 13.4. The van der Waals surface area contributed by atoms with Crippen LogP contribution in [0.15, 0.2) is 42.6 Å². The Labute approximate surface area is 164 Å². The molecule has 1 fully saturated rings. The molecule has 146 valence electrons. The third kappa shape index (κ3) is 3.36. The summed E-state index contributed by atoms with van der Waals surface area (Å²) >= 11 is 0. The van der Waals surface area contributed by atoms with Gasteiger partial charge >= 0.3 is 0 Å². The van der Waals surface area contributed by atoms with Gasteiger partial charge in [-0.3, -0.25) is 4.79 Å². The van der Waals surface area contributed by atoms with E-state index >= 15 is 0 Å². The van der Waals surface area contributed by atoms with Crippen LogP contribution in [0.4, 0.5) is 21.5 Å². The molecule has 2 N–H and O–H groups in total. The van der Waals surface area contributed by atoms with Gasteiger partial charge in [0, 0.05) is 42.3 Å². The molecule has 0 saturated carbocycles. The first-order valence-electron chi connectivity index (χ1n) is 9.53. The summed E-state index contributed by atoms with van der Waals surface area (Å²) in [5.74, 6) is -0.701. The molecular weight excluding hydrogens is 355 g/mol. The number of carbonyl (C=O) groups excluding carboxylic acids is 1. The molecule has 28 heavy (non-hydrogen) atoms. The highest BCUT2D eigenvalue weighted by molar-refractivity contribution is 6.31. The third-order valence-corrected chi connectivity index (χ3v) is 5.59. The van der Waals surface area contributed by atoms with E-state index in [0.29, 0.717) is 22.9 Å². The van der Waals surface area contributed by atoms with Crippen molar-refractivity contribution in [1.29, 1.82) is 0 Å². The Kier molecular flexibility index (Phi) is 4.81. The number of likely N-dealkylation sites (N-methyl/N-ethyl adjacent to an activating group) is 1. The predicted molar refractivity (Wildman–Crippen MR) is 112 cm³/mol. The first kappa shape index (κ1) is 18.5. The van der Waals surface area contributed by atoms with Crippen molar-refractivity contribution in [2.24, 2.45) is 0 Å². The number of nitrogens with one attached hydrogen (secondary N) is 2. The fraction of sp³-hybridized carbons (Fsp3) is 0.318. The second kappa shape index (κ2) is 7.28. The lowest BCUT2D eigenvalue weighted by atomic mass is 10.1. The molecule has 4 rings (SSSR count). The van der Waals surface area contributed by atoms with Crippen molar-refractivity contribution >= 4 is 28.5 Å². The maximum Gasteiger partial charge on any atom is 0.257 e. The zero-order chi connectivity index (χ0) is 19.8. The fourth-order valence-corrected chi connectivity index (χ4v) is 3.98. The number of fused-ring (bicyclic) bond motifs is 1. The van der Waals surface area contributed by atoms with E-state index in [4.69, 9.17) is 0 Å². The summed E-state index contributed by atoms with van der Waals surface area (Å²) in [7, 11) is 4.25. The van der Waals surface area contributed by atoms with Crippen molar-refractivity contribution < 1.29 is 9.18 Å². The summed E-state index contributed by atoms with van der Waals surface area (Å²) in [4.78, 5) is 16.9. The molecule has 6 heteroatoms. The van der Waals surface area contributed by atoms with Crippen LogP contribution in [0.25, 0.3) is 5.57 Å². The Balaban J connectivity index is 1.52. The molecule has 1 atom stereocenters. The van der Waals surface area contributed by atoms with Crippen LogP contribution in [-0.2, 0) is 4.79 Å². The number of nitrogens with zero attached hydrogens (tertiary/aromatic N) is 2. The number of benzene rings is 2. The minimum atomic E-state index is -0.403. The molecule has 5 nitrogen and oxygen atoms in total. The smallest absolute Gasteiger partial charge is 0.257 e. The van der Waals surface area contributed by atoms with E-state index in [1.807, 2.05) is 6.07 Å². The summed E-state index contributed by atoms with van der Waals surface area (Å²) in [6.45, 7) is 4.17. The van der Waals surface area contributed by atoms with Crippen molar-refractivity contribution in [3.63, 3.8) is 0 Å². The molecule has 0 spiro atoms. The van der Waals surface area contributed by atoms with Crippen molar-refractivity contribution in [3.05, 3.63) is 59.5 Å². The lowest BCUT2D eigenvalue weighted by Crippen LogP contribution is -2.31. The average Bonchev–Trinajstić information content (AvgIpc) is 3.25. The molecule has 2 aliphatic rings. The largest absolute Gasteiger partial charge is 0.370 e. The number of amides is 1. The SMILES string of the molecule is Cc1cc(NC=C2C(=O)Nc3cccc(F)c32)ccc1N1CCC(N(C)C)C1. The van der Waals surface area contributed by atoms with Gasteiger partial charge in [-0.1, -0.05) is 6.07 Å². The molecule has 0 bridgehead atoms. The zero-order valence-corrected chi connectivity index (χ0v) is 16.4. The molecule has 2 heterocycles. The lowest BCUT2D eigenvalue weighted by molar-refractivity contribution is -0.110. The van der Waals surface area contributed by atoms with Crippen LogP contribution in [0, 0.1) is 12.7 Å². The summed E-state index contributed by atoms with van der Waals surface area (Å²) < 4.78 is 14.1. The zero-order valence-electron chi connectivity index (χ0n) is 16.4. The minimum Gasteiger partial charge on any atom is -0.370 e. The Morgan fingerprint density at radius 1 is 1.29 bits per heavy atom. The van der Waals surface area contributed by atoms with Crippen LogP contribution in [0.2, 0.25) is 0 Å². The van der Waals surface area contributed by atoms with Crippen LogP contribution in [0.1, 0.15) is 17.5 Å². The molecule has 1 amide bonds. The lowest BCUT2D eigenvalue weighted by Gasteiger charge is -2.23. The number of hydrogen-bond donors (Lipinski definition) is 2. The highest BCUT2D eigenvalue weighted by Gasteiger charge is 2.27. The molecule has 1 saturated heterocycles. The van der Waals surface area contributed by atoms with Gasteiger partial charge in [0.1, 0.15) is 5.82 Å². The molecular formula is C22H25FN4O. The van der Waals surface area contributed by atoms with Gasteiger partial charge in [0.15, 0.2) is 0 Å². The second-order valence-corrected chi connectivity index (χ2v) is 7.67. The molecule has 0 aromatic heterocycles. The number of halogens is 1. The van der Waals surface area contributed by atoms with Crippen LogP contribution >= 0.6 is 0 Å². The van der Waals surface area contributed by atoms with Gasteiger partial charge in [0.2, 0.25) is 0 Å². The standard InChI is InChI=1S/C22H25FN4O/c1-14-11-15(7-8-20(14)27-10-9-16(13-27)26(2)3)24-12-17-21-18(23)5-4-6-19(21)25-22(17)28/h4-8,11-12,16,24H,9-10,13H2,1-3H3,(H,25,28). The molecule has 0 radical (unpaired) electrons. The van der Waals surface area contributed by atoms with Crippen LogP contribution in [0.3, 0.4) is 0 Å². The van der Waals surface area contributed by atoms with Gasteiger partial charge in [0.05, 0.1) is 11.3 Å². The number of hydrogen-bond acceptors (Lipinski definition) is 4. The van der Waals surface area contributed by atoms with Gasteiger partial charge < -0.3 is 20.4 Å². The predicted octanol–water partition coefficient (Wildman–Crippen LogP) is 3.68. The summed E-state index contributed by atoms with van der Waals surface area (Å²) in [5, 5.41) is 5.85. The van der Waals surface area contributed by atoms with Crippen molar-refractivity contribution in [2.75, 3.05) is 42.7 Å². The highest BCUT2D eigenvalue weighted by atomic mass is 19.1. The number of aryl methyl sites for hydroxylation is 1. The van der Waals surface area contributed by atoms with E-state index in [1.54, 1.807) is 18.3 Å². The average molecular weight is 380 g/mol. The van der Waals surface area contributed by atoms with Crippen LogP contribution in [0.5, 0.6) is 0 Å². The summed E-state index contributed by atoms with van der Waals surface area (Å²) in [6.07, 6.45) is 2.75. The van der Waals surface area contributed by atoms with E-state index in [9.17, 15) is 9.18 Å². The first-order valence-corrected chi connectivity index (χ1v) is 9.53. The number of rotatable bonds is 4. The monoisotopic (exact) mass is 380 g/mol. The molecule has 2 aromatic carbocycles. The fourth-order valence-electron chi connectivity index (χ4n) is 3.98. The molecule has 0 aliphatic carbocycles. The van der Waals surface area contributed by atoms with E-state index in [-0.39, 0.29) is 5.91 Å². The maximum atomic E-state index is 14.1. The topological polar surface area (TPSA) is 47.6 Å². The number of anilines is 3. The van der Waals surface area contributed by atoms with Gasteiger partial charge in [0.25, 0.3) is 5.91 Å². The second-order valence-electron chi connectivity index (χ2n) is 7.67. The summed E-state index contributed by atoms with van der Waals surface area (Å²) in [5.41, 5.74) is 4.41. The molecule has 1 unspecified atom stereocenters. The van der Waals surface area contributed by atoms with Crippen molar-refractivity contribution in [3.8, 4) is 0 Å². The van der Waals surface area contributed by atoms with E-state index in [1.165, 1.54) is 23.7 Å². The Morgan fingerprint density at radius 3 is 2.82 bits per heavy atom. The number of carbonyl (C=O) groups is 1. The normalized spacial score (nSPS) is 20.0. The van der Waals surface area contributed by atoms with Gasteiger partial charge in [-0.05, 0) is 63.3 Å². The quantitative estimate of drug-likeness (QED) is 0.795. The summed E-state index contributed by atoms with van der Waals surface area (Å²) in [6, 6.07) is 11.4. The van der Waals surface area contributed by atoms with E-state index in [2.05, 4.69) is 53.6 Å². The van der Waals surface area contributed by atoms with Crippen LogP contribution in [-0.4, -0.2) is 44.0 Å². The Hall–Kier alpha value is -2.86. The Morgan fingerprint density at radius 2 is 2.11 bits per heavy atom. The van der Waals surface area contributed by atoms with Crippen molar-refractivity contribution in [1.82, 2.24) is 4.90 Å². The molecule has 2 aliphatic heterocycles. The van der Waals surface area contributed by atoms with Gasteiger partial charge in [-0.25, -0.2) is 4.39 Å². The third-order valence-electron chi connectivity index (χ3n) is 5.59. The minimum absolute atomic E-state index is 0.298. The molecule has 2 aromatic rings. The Bertz CT molecular complexity index is 954. The van der Waals surface area contributed by atoms with Crippen molar-refractivity contribution in [2.45, 2.75) is 19.4 Å². The van der Waals surface area contributed by atoms with E-state index < -0.39 is 5.82 Å². The van der Waals surface area contributed by atoms with Gasteiger partial charge in [-0.15, -0.1) is 0 Å². The van der Waals surface area contributed by atoms with E-state index in [0.717, 1.165) is 18.8 Å².